The Balaban J connectivity index is 1.11. The van der Waals surface area contributed by atoms with Crippen molar-refractivity contribution >= 4 is 76.3 Å². The molecule has 0 bridgehead atoms. The van der Waals surface area contributed by atoms with Crippen molar-refractivity contribution < 1.29 is 43.2 Å². The summed E-state index contributed by atoms with van der Waals surface area (Å²) in [5.41, 5.74) is 22.4. The molecule has 21 nitrogen and oxygen atoms in total. The van der Waals surface area contributed by atoms with Gasteiger partial charge in [-0.3, -0.25) is 43.2 Å². The van der Waals surface area contributed by atoms with Crippen LogP contribution in [0.2, 0.25) is 0 Å². The minimum absolute atomic E-state index is 0.0240. The molecule has 490 valence electrons. The number of aromatic nitrogens is 1. The fraction of sp³-hybridized carbons (Fsp3) is 0.493. The van der Waals surface area contributed by atoms with Crippen LogP contribution in [0.4, 0.5) is 0 Å². The molecule has 22 heteroatoms. The van der Waals surface area contributed by atoms with Gasteiger partial charge in [-0.25, -0.2) is 0 Å². The summed E-state index contributed by atoms with van der Waals surface area (Å²) in [6.45, 7) is 1.09. The molecular weight excluding hydrogens is 1170 g/mol. The predicted molar refractivity (Wildman–Crippen MR) is 355 cm³/mol. The van der Waals surface area contributed by atoms with E-state index in [-0.39, 0.29) is 107 Å². The lowest BCUT2D eigenvalue weighted by atomic mass is 10.0. The lowest BCUT2D eigenvalue weighted by Gasteiger charge is -2.32. The molecule has 4 atom stereocenters. The first kappa shape index (κ1) is 70.4. The van der Waals surface area contributed by atoms with Gasteiger partial charge in [0.15, 0.2) is 0 Å². The average Bonchev–Trinajstić information content (AvgIpc) is 1.90. The first-order chi connectivity index (χ1) is 44.1. The Morgan fingerprint density at radius 1 is 0.571 bits per heavy atom. The van der Waals surface area contributed by atoms with Crippen molar-refractivity contribution in [2.45, 2.75) is 133 Å². The van der Waals surface area contributed by atoms with Gasteiger partial charge < -0.3 is 63.1 Å². The van der Waals surface area contributed by atoms with Crippen LogP contribution in [0.25, 0.3) is 10.9 Å². The molecule has 0 saturated heterocycles. The standard InChI is InChI=1S/C69H94N12O9S/c1-2-32-91-47-53-26-28-54(29-27-53)69(90)77-58(34-50-16-7-4-8-17-50)41-80(67(88)35-51-22-23-51)46-65(86)76-59(37-55-38-73-61-20-10-9-19-60(55)61)42-81(68(89)36-52-24-25-52)45-63(84)74-56(18-11-12-30-70)40-79(66(87)21-13-31-71)44-64(85)75-57(33-49-14-5-3-6-15-49)39-78(48-82)43-62(72)83/h3-10,14-17,19-20,26-29,38,48,51-52,56-59,73H,2,11-13,18,21-25,30-37,39-47,70-71H2,1H3,(H2,72,83)(H,74,84)(H,75,85)(H,76,86)(H,77,90). The number of thioether (sulfide) groups is 1. The zero-order valence-corrected chi connectivity index (χ0v) is 53.5. The van der Waals surface area contributed by atoms with Crippen LogP contribution in [0.3, 0.4) is 0 Å². The third-order valence-corrected chi connectivity index (χ3v) is 17.6. The molecular formula is C69H94N12O9S. The Labute approximate surface area is 539 Å². The number of primary amides is 1. The van der Waals surface area contributed by atoms with E-state index in [0.717, 1.165) is 76.8 Å². The second-order valence-corrected chi connectivity index (χ2v) is 25.6. The van der Waals surface area contributed by atoms with Crippen molar-refractivity contribution in [1.82, 2.24) is 45.9 Å². The van der Waals surface area contributed by atoms with E-state index in [1.165, 1.54) is 19.6 Å². The Hall–Kier alpha value is -8.08. The van der Waals surface area contributed by atoms with Crippen LogP contribution < -0.4 is 38.5 Å². The topological polar surface area (TPSA) is 309 Å². The van der Waals surface area contributed by atoms with Gasteiger partial charge in [0.1, 0.15) is 0 Å². The molecule has 2 fully saturated rings. The zero-order chi connectivity index (χ0) is 64.9. The highest BCUT2D eigenvalue weighted by atomic mass is 32.2. The quantitative estimate of drug-likeness (QED) is 0.0189. The second kappa shape index (κ2) is 37.3. The fourth-order valence-corrected chi connectivity index (χ4v) is 12.1. The smallest absolute Gasteiger partial charge is 0.251 e. The molecule has 4 unspecified atom stereocenters. The number of para-hydroxylation sites is 1. The van der Waals surface area contributed by atoms with Crippen LogP contribution >= 0.6 is 11.8 Å². The maximum absolute atomic E-state index is 14.8. The Kier molecular flexibility index (Phi) is 28.8. The number of benzene rings is 4. The fourth-order valence-electron chi connectivity index (χ4n) is 11.3. The van der Waals surface area contributed by atoms with Gasteiger partial charge in [-0.2, -0.15) is 11.8 Å². The maximum atomic E-state index is 14.8. The molecule has 2 saturated carbocycles. The van der Waals surface area contributed by atoms with Crippen molar-refractivity contribution in [2.24, 2.45) is 29.0 Å². The number of nitrogens with one attached hydrogen (secondary N) is 5. The van der Waals surface area contributed by atoms with Gasteiger partial charge in [0, 0.05) is 79.9 Å². The van der Waals surface area contributed by atoms with Crippen molar-refractivity contribution in [3.05, 3.63) is 143 Å². The molecule has 0 aliphatic heterocycles. The number of aromatic amines is 1. The second-order valence-electron chi connectivity index (χ2n) is 24.5. The van der Waals surface area contributed by atoms with Crippen molar-refractivity contribution in [1.29, 1.82) is 0 Å². The number of nitrogens with two attached hydrogens (primary N) is 3. The van der Waals surface area contributed by atoms with Crippen LogP contribution in [-0.2, 0) is 63.4 Å². The monoisotopic (exact) mass is 1270 g/mol. The van der Waals surface area contributed by atoms with Crippen LogP contribution in [0.15, 0.2) is 115 Å². The zero-order valence-electron chi connectivity index (χ0n) is 52.7. The number of hydrogen-bond acceptors (Lipinski definition) is 12. The summed E-state index contributed by atoms with van der Waals surface area (Å²) in [5, 5.41) is 13.4. The van der Waals surface area contributed by atoms with Crippen LogP contribution in [0, 0.1) is 11.8 Å². The van der Waals surface area contributed by atoms with E-state index in [1.807, 2.05) is 127 Å². The summed E-state index contributed by atoms with van der Waals surface area (Å²) >= 11 is 1.84. The lowest BCUT2D eigenvalue weighted by Crippen LogP contribution is -2.55. The summed E-state index contributed by atoms with van der Waals surface area (Å²) in [7, 11) is 0. The van der Waals surface area contributed by atoms with E-state index in [4.69, 9.17) is 17.2 Å². The van der Waals surface area contributed by atoms with Gasteiger partial charge in [0.05, 0.1) is 44.3 Å². The first-order valence-electron chi connectivity index (χ1n) is 32.3. The van der Waals surface area contributed by atoms with Crippen LogP contribution in [-0.4, -0.2) is 174 Å². The number of rotatable bonds is 43. The molecule has 5 aromatic rings. The minimum Gasteiger partial charge on any atom is -0.368 e. The number of hydrogen-bond donors (Lipinski definition) is 8. The molecule has 2 aliphatic carbocycles. The van der Waals surface area contributed by atoms with E-state index in [9.17, 15) is 43.2 Å². The Bertz CT molecular complexity index is 3140. The van der Waals surface area contributed by atoms with E-state index >= 15 is 0 Å². The number of fused-ring (bicyclic) bond motifs is 1. The summed E-state index contributed by atoms with van der Waals surface area (Å²) < 4.78 is 0. The highest BCUT2D eigenvalue weighted by Crippen LogP contribution is 2.34. The highest BCUT2D eigenvalue weighted by molar-refractivity contribution is 7.98. The number of amides is 9. The van der Waals surface area contributed by atoms with Gasteiger partial charge in [-0.15, -0.1) is 0 Å². The summed E-state index contributed by atoms with van der Waals surface area (Å²) in [5.74, 6) is -1.18. The van der Waals surface area contributed by atoms with Crippen molar-refractivity contribution in [2.75, 3.05) is 71.2 Å². The highest BCUT2D eigenvalue weighted by Gasteiger charge is 2.34. The molecule has 2 aliphatic rings. The molecule has 4 aromatic carbocycles. The Morgan fingerprint density at radius 3 is 1.60 bits per heavy atom. The number of carbonyl (C=O) groups is 9. The summed E-state index contributed by atoms with van der Waals surface area (Å²) in [6.07, 6.45) is 10.3. The summed E-state index contributed by atoms with van der Waals surface area (Å²) in [4.78, 5) is 133. The largest absolute Gasteiger partial charge is 0.368 e. The number of H-pyrrole nitrogens is 1. The van der Waals surface area contributed by atoms with Crippen molar-refractivity contribution in [3.8, 4) is 0 Å². The van der Waals surface area contributed by atoms with E-state index in [2.05, 4.69) is 33.2 Å². The van der Waals surface area contributed by atoms with E-state index in [1.54, 1.807) is 0 Å². The van der Waals surface area contributed by atoms with Crippen LogP contribution in [0.1, 0.15) is 117 Å². The van der Waals surface area contributed by atoms with Crippen LogP contribution in [0.5, 0.6) is 0 Å². The SMILES string of the molecule is CCCSCc1ccc(C(=O)NC(Cc2ccccc2)CN(CC(=O)NC(Cc2c[nH]c3ccccc23)CN(CC(=O)NC(CCCCN)CN(CC(=O)NC(Cc2ccccc2)CN(C=O)CC(N)=O)C(=O)CCCN)C(=O)CC2CC2)C(=O)CC2CC2)cc1. The van der Waals surface area contributed by atoms with Gasteiger partial charge in [-0.05, 0) is 142 Å². The normalized spacial score (nSPS) is 14.1. The molecule has 0 spiro atoms. The van der Waals surface area contributed by atoms with Gasteiger partial charge in [0.2, 0.25) is 47.8 Å². The number of nitrogens with zero attached hydrogens (tertiary/aromatic N) is 4. The lowest BCUT2D eigenvalue weighted by molar-refractivity contribution is -0.138. The van der Waals surface area contributed by atoms with Crippen molar-refractivity contribution in [3.63, 3.8) is 0 Å². The number of unbranched alkanes of at least 4 members (excludes halogenated alkanes) is 1. The maximum Gasteiger partial charge on any atom is 0.251 e. The minimum atomic E-state index is -0.763. The Morgan fingerprint density at radius 2 is 1.08 bits per heavy atom. The van der Waals surface area contributed by atoms with E-state index in [0.29, 0.717) is 57.0 Å². The molecule has 7 rings (SSSR count). The third-order valence-electron chi connectivity index (χ3n) is 16.3. The molecule has 1 aromatic heterocycles. The first-order valence-corrected chi connectivity index (χ1v) is 33.4. The average molecular weight is 1270 g/mol. The van der Waals surface area contributed by atoms with Gasteiger partial charge in [-0.1, -0.05) is 104 Å². The molecule has 0 radical (unpaired) electrons. The predicted octanol–water partition coefficient (Wildman–Crippen LogP) is 4.99. The van der Waals surface area contributed by atoms with E-state index < -0.39 is 60.9 Å². The van der Waals surface area contributed by atoms with Gasteiger partial charge >= 0.3 is 0 Å². The number of carbonyl (C=O) groups excluding carboxylic acids is 9. The summed E-state index contributed by atoms with van der Waals surface area (Å²) in [6, 6.07) is 31.6. The molecule has 11 N–H and O–H groups in total. The third kappa shape index (κ3) is 25.3. The molecule has 91 heavy (non-hydrogen) atoms. The molecule has 9 amide bonds. The van der Waals surface area contributed by atoms with Gasteiger partial charge in [0.25, 0.3) is 5.91 Å². The molecule has 1 heterocycles.